The highest BCUT2D eigenvalue weighted by Crippen LogP contribution is 2.29. The fourth-order valence-electron chi connectivity index (χ4n) is 3.54. The quantitative estimate of drug-likeness (QED) is 0.564. The Morgan fingerprint density at radius 1 is 0.870 bits per heavy atom. The van der Waals surface area contributed by atoms with Gasteiger partial charge in [-0.25, -0.2) is 0 Å². The van der Waals surface area contributed by atoms with E-state index in [1.807, 2.05) is 18.3 Å². The predicted molar refractivity (Wildman–Crippen MR) is 94.3 cm³/mol. The van der Waals surface area contributed by atoms with Crippen molar-refractivity contribution in [3.8, 4) is 0 Å². The van der Waals surface area contributed by atoms with E-state index >= 15 is 0 Å². The van der Waals surface area contributed by atoms with Gasteiger partial charge in [-0.1, -0.05) is 36.4 Å². The molecule has 23 heavy (non-hydrogen) atoms. The largest absolute Gasteiger partial charge is 0.353 e. The summed E-state index contributed by atoms with van der Waals surface area (Å²) >= 11 is 0. The number of nitrogens with one attached hydrogen (secondary N) is 1. The molecule has 0 saturated carbocycles. The number of aromatic amines is 1. The molecule has 0 atom stereocenters. The Bertz CT molecular complexity index is 1070. The lowest BCUT2D eigenvalue weighted by molar-refractivity contribution is 0.948. The smallest absolute Gasteiger partial charge is 0.0891 e. The molecule has 0 spiro atoms. The number of benzene rings is 2. The molecule has 1 aliphatic rings. The van der Waals surface area contributed by atoms with E-state index in [0.29, 0.717) is 0 Å². The molecule has 5 rings (SSSR count). The van der Waals surface area contributed by atoms with E-state index < -0.39 is 0 Å². The van der Waals surface area contributed by atoms with Gasteiger partial charge >= 0.3 is 0 Å². The summed E-state index contributed by atoms with van der Waals surface area (Å²) in [5, 5.41) is 2.47. The molecular weight excluding hydrogens is 282 g/mol. The van der Waals surface area contributed by atoms with Crippen molar-refractivity contribution in [3.05, 3.63) is 77.6 Å². The third kappa shape index (κ3) is 1.83. The minimum absolute atomic E-state index is 0.834. The number of para-hydroxylation sites is 2. The lowest BCUT2D eigenvalue weighted by atomic mass is 9.96. The van der Waals surface area contributed by atoms with Crippen molar-refractivity contribution in [2.24, 2.45) is 4.99 Å². The maximum Gasteiger partial charge on any atom is 0.0891 e. The number of pyridine rings is 1. The number of aliphatic imine (C=N–C) groups is 1. The Balaban J connectivity index is 1.80. The summed E-state index contributed by atoms with van der Waals surface area (Å²) in [6.07, 6.45) is 2.86. The first kappa shape index (κ1) is 12.6. The molecule has 0 amide bonds. The minimum Gasteiger partial charge on any atom is -0.353 e. The number of hydrogen-bond acceptors (Lipinski definition) is 2. The molecule has 4 aromatic rings. The molecule has 0 aliphatic carbocycles. The van der Waals surface area contributed by atoms with Crippen LogP contribution >= 0.6 is 0 Å². The SMILES string of the molecule is c1ccc2c(C3=NCCc4c3[nH]c3ccccc43)ccnc2c1. The zero-order valence-corrected chi connectivity index (χ0v) is 12.6. The van der Waals surface area contributed by atoms with E-state index in [9.17, 15) is 0 Å². The summed E-state index contributed by atoms with van der Waals surface area (Å²) in [6, 6.07) is 18.8. The summed E-state index contributed by atoms with van der Waals surface area (Å²) in [6.45, 7) is 0.834. The topological polar surface area (TPSA) is 41.0 Å². The third-order valence-electron chi connectivity index (χ3n) is 4.59. The summed E-state index contributed by atoms with van der Waals surface area (Å²) in [5.74, 6) is 0. The van der Waals surface area contributed by atoms with Crippen LogP contribution in [0, 0.1) is 0 Å². The maximum absolute atomic E-state index is 4.84. The molecule has 1 N–H and O–H groups in total. The van der Waals surface area contributed by atoms with Crippen LogP contribution in [0.25, 0.3) is 21.8 Å². The van der Waals surface area contributed by atoms with Crippen LogP contribution in [0.1, 0.15) is 16.8 Å². The van der Waals surface area contributed by atoms with Gasteiger partial charge in [0.05, 0.1) is 16.9 Å². The molecule has 2 aromatic carbocycles. The Morgan fingerprint density at radius 2 is 1.70 bits per heavy atom. The van der Waals surface area contributed by atoms with Gasteiger partial charge in [-0.15, -0.1) is 0 Å². The highest BCUT2D eigenvalue weighted by Gasteiger charge is 2.21. The molecule has 3 heteroatoms. The van der Waals surface area contributed by atoms with Gasteiger partial charge in [0, 0.05) is 34.6 Å². The van der Waals surface area contributed by atoms with Crippen molar-refractivity contribution >= 4 is 27.5 Å². The maximum atomic E-state index is 4.84. The van der Waals surface area contributed by atoms with Crippen molar-refractivity contribution in [1.82, 2.24) is 9.97 Å². The van der Waals surface area contributed by atoms with Crippen LogP contribution in [-0.4, -0.2) is 22.2 Å². The van der Waals surface area contributed by atoms with E-state index in [2.05, 4.69) is 52.4 Å². The van der Waals surface area contributed by atoms with Crippen LogP contribution < -0.4 is 0 Å². The summed E-state index contributed by atoms with van der Waals surface area (Å²) in [4.78, 5) is 12.9. The highest BCUT2D eigenvalue weighted by atomic mass is 14.8. The number of rotatable bonds is 1. The molecule has 110 valence electrons. The molecule has 2 aromatic heterocycles. The van der Waals surface area contributed by atoms with Crippen LogP contribution in [0.15, 0.2) is 65.8 Å². The Labute approximate surface area is 133 Å². The van der Waals surface area contributed by atoms with E-state index in [0.717, 1.165) is 40.8 Å². The number of hydrogen-bond donors (Lipinski definition) is 1. The van der Waals surface area contributed by atoms with Crippen molar-refractivity contribution in [1.29, 1.82) is 0 Å². The van der Waals surface area contributed by atoms with Crippen LogP contribution in [0.3, 0.4) is 0 Å². The normalized spacial score (nSPS) is 14.0. The molecule has 3 nitrogen and oxygen atoms in total. The van der Waals surface area contributed by atoms with Crippen LogP contribution in [0.2, 0.25) is 0 Å². The molecule has 3 heterocycles. The Hall–Kier alpha value is -2.94. The summed E-state index contributed by atoms with van der Waals surface area (Å²) in [7, 11) is 0. The average molecular weight is 297 g/mol. The molecule has 0 radical (unpaired) electrons. The summed E-state index contributed by atoms with van der Waals surface area (Å²) < 4.78 is 0. The van der Waals surface area contributed by atoms with Gasteiger partial charge in [0.25, 0.3) is 0 Å². The van der Waals surface area contributed by atoms with Gasteiger partial charge in [0.2, 0.25) is 0 Å². The number of H-pyrrole nitrogens is 1. The minimum atomic E-state index is 0.834. The Kier molecular flexibility index (Phi) is 2.62. The van der Waals surface area contributed by atoms with Gasteiger partial charge in [-0.05, 0) is 30.2 Å². The molecule has 1 aliphatic heterocycles. The molecule has 0 fully saturated rings. The highest BCUT2D eigenvalue weighted by molar-refractivity contribution is 6.20. The van der Waals surface area contributed by atoms with Gasteiger partial charge in [-0.2, -0.15) is 0 Å². The lowest BCUT2D eigenvalue weighted by Crippen LogP contribution is -2.14. The molecule has 0 unspecified atom stereocenters. The van der Waals surface area contributed by atoms with E-state index in [1.165, 1.54) is 16.5 Å². The number of fused-ring (bicyclic) bond motifs is 4. The van der Waals surface area contributed by atoms with Gasteiger partial charge in [-0.3, -0.25) is 9.98 Å². The monoisotopic (exact) mass is 297 g/mol. The van der Waals surface area contributed by atoms with Gasteiger partial charge in [0.15, 0.2) is 0 Å². The van der Waals surface area contributed by atoms with E-state index in [1.54, 1.807) is 0 Å². The second kappa shape index (κ2) is 4.78. The van der Waals surface area contributed by atoms with Crippen molar-refractivity contribution in [2.45, 2.75) is 6.42 Å². The van der Waals surface area contributed by atoms with Gasteiger partial charge < -0.3 is 4.98 Å². The van der Waals surface area contributed by atoms with Crippen molar-refractivity contribution in [2.75, 3.05) is 6.54 Å². The Morgan fingerprint density at radius 3 is 2.65 bits per heavy atom. The van der Waals surface area contributed by atoms with Gasteiger partial charge in [0.1, 0.15) is 0 Å². The summed E-state index contributed by atoms with van der Waals surface area (Å²) in [5.41, 5.74) is 6.95. The van der Waals surface area contributed by atoms with Crippen molar-refractivity contribution < 1.29 is 0 Å². The van der Waals surface area contributed by atoms with E-state index in [4.69, 9.17) is 4.99 Å². The van der Waals surface area contributed by atoms with Crippen LogP contribution in [0.5, 0.6) is 0 Å². The van der Waals surface area contributed by atoms with Crippen LogP contribution in [-0.2, 0) is 6.42 Å². The van der Waals surface area contributed by atoms with E-state index in [-0.39, 0.29) is 0 Å². The first-order chi connectivity index (χ1) is 11.4. The fraction of sp³-hybridized carbons (Fsp3) is 0.100. The third-order valence-corrected chi connectivity index (χ3v) is 4.59. The molecule has 0 saturated heterocycles. The molecular formula is C20H15N3. The number of nitrogens with zero attached hydrogens (tertiary/aromatic N) is 2. The second-order valence-electron chi connectivity index (χ2n) is 5.88. The second-order valence-corrected chi connectivity index (χ2v) is 5.88. The molecule has 0 bridgehead atoms. The first-order valence-corrected chi connectivity index (χ1v) is 7.90. The standard InChI is InChI=1S/C20H15N3/c1-3-7-17-13(5-1)15(9-11-21-17)19-20-16(10-12-22-19)14-6-2-4-8-18(14)23-20/h1-9,11,23H,10,12H2. The average Bonchev–Trinajstić information content (AvgIpc) is 3.00. The van der Waals surface area contributed by atoms with Crippen molar-refractivity contribution in [3.63, 3.8) is 0 Å². The zero-order chi connectivity index (χ0) is 15.2. The fourth-order valence-corrected chi connectivity index (χ4v) is 3.54. The van der Waals surface area contributed by atoms with Crippen LogP contribution in [0.4, 0.5) is 0 Å². The zero-order valence-electron chi connectivity index (χ0n) is 12.6. The predicted octanol–water partition coefficient (Wildman–Crippen LogP) is 4.11. The number of aromatic nitrogens is 2. The lowest BCUT2D eigenvalue weighted by Gasteiger charge is -2.15. The first-order valence-electron chi connectivity index (χ1n) is 7.90.